The molecule has 0 bridgehead atoms. The normalized spacial score (nSPS) is 12.0. The summed E-state index contributed by atoms with van der Waals surface area (Å²) < 4.78 is 29.8. The Bertz CT molecular complexity index is 1120. The van der Waals surface area contributed by atoms with Crippen LogP contribution < -0.4 is 9.52 Å². The molecule has 1 N–H and O–H groups in total. The van der Waals surface area contributed by atoms with E-state index in [0.29, 0.717) is 6.54 Å². The van der Waals surface area contributed by atoms with Crippen LogP contribution in [0.2, 0.25) is 5.02 Å². The topological polar surface area (TPSA) is 63.5 Å². The van der Waals surface area contributed by atoms with Crippen LogP contribution in [0.15, 0.2) is 63.8 Å². The summed E-state index contributed by atoms with van der Waals surface area (Å²) in [7, 11) is -1.75. The van der Waals surface area contributed by atoms with Gasteiger partial charge in [0.2, 0.25) is 10.0 Å². The highest BCUT2D eigenvalue weighted by Gasteiger charge is 2.19. The van der Waals surface area contributed by atoms with E-state index in [9.17, 15) is 8.42 Å². The number of sulfonamides is 1. The van der Waals surface area contributed by atoms with Crippen molar-refractivity contribution < 1.29 is 8.42 Å². The first-order chi connectivity index (χ1) is 13.4. The van der Waals surface area contributed by atoms with E-state index in [2.05, 4.69) is 9.71 Å². The molecular formula is C20H23Cl2N3O2S2. The summed E-state index contributed by atoms with van der Waals surface area (Å²) in [5.74, 6) is 0. The largest absolute Gasteiger partial charge is 0.320 e. The molecule has 0 fully saturated rings. The predicted octanol–water partition coefficient (Wildman–Crippen LogP) is 5.14. The molecule has 0 atom stereocenters. The molecule has 0 saturated heterocycles. The van der Waals surface area contributed by atoms with E-state index in [-0.39, 0.29) is 22.3 Å². The lowest BCUT2D eigenvalue weighted by molar-refractivity contribution is 0.578. The number of thiazole rings is 1. The minimum atomic E-state index is -3.66. The summed E-state index contributed by atoms with van der Waals surface area (Å²) in [6, 6.07) is 14.8. The third-order valence-corrected chi connectivity index (χ3v) is 7.10. The van der Waals surface area contributed by atoms with Crippen molar-refractivity contribution in [3.63, 3.8) is 0 Å². The second-order valence-electron chi connectivity index (χ2n) is 6.31. The highest BCUT2D eigenvalue weighted by atomic mass is 35.5. The molecule has 0 aliphatic rings. The van der Waals surface area contributed by atoms with Crippen LogP contribution in [0.3, 0.4) is 0 Å². The Hall–Kier alpha value is -1.64. The van der Waals surface area contributed by atoms with Crippen LogP contribution in [0.1, 0.15) is 19.8 Å². The van der Waals surface area contributed by atoms with Crippen molar-refractivity contribution >= 4 is 51.1 Å². The zero-order valence-corrected chi connectivity index (χ0v) is 19.3. The number of halogens is 2. The second-order valence-corrected chi connectivity index (χ2v) is 9.29. The molecule has 0 spiro atoms. The highest BCUT2D eigenvalue weighted by Crippen LogP contribution is 2.28. The van der Waals surface area contributed by atoms with E-state index in [4.69, 9.17) is 11.6 Å². The van der Waals surface area contributed by atoms with E-state index in [1.807, 2.05) is 60.3 Å². The number of aromatic nitrogens is 1. The Morgan fingerprint density at radius 1 is 1.17 bits per heavy atom. The number of nitrogens with zero attached hydrogens (tertiary/aromatic N) is 2. The van der Waals surface area contributed by atoms with Crippen molar-refractivity contribution in [2.75, 3.05) is 6.54 Å². The Balaban J connectivity index is 0.00000300. The fourth-order valence-corrected chi connectivity index (χ4v) is 5.20. The van der Waals surface area contributed by atoms with E-state index in [0.717, 1.165) is 34.6 Å². The monoisotopic (exact) mass is 471 g/mol. The molecule has 3 aromatic rings. The van der Waals surface area contributed by atoms with Gasteiger partial charge in [-0.3, -0.25) is 0 Å². The van der Waals surface area contributed by atoms with Crippen molar-refractivity contribution in [1.29, 1.82) is 0 Å². The minimum absolute atomic E-state index is 0. The molecule has 9 heteroatoms. The van der Waals surface area contributed by atoms with Gasteiger partial charge in [-0.25, -0.2) is 18.1 Å². The lowest BCUT2D eigenvalue weighted by Gasteiger charge is -2.10. The Kier molecular flexibility index (Phi) is 8.48. The molecule has 0 unspecified atom stereocenters. The molecule has 0 amide bonds. The third kappa shape index (κ3) is 5.71. The van der Waals surface area contributed by atoms with Gasteiger partial charge in [0.1, 0.15) is 4.90 Å². The molecular weight excluding hydrogens is 449 g/mol. The average molecular weight is 472 g/mol. The first-order valence-corrected chi connectivity index (χ1v) is 11.7. The highest BCUT2D eigenvalue weighted by molar-refractivity contribution is 7.89. The zero-order chi connectivity index (χ0) is 20.1. The van der Waals surface area contributed by atoms with Gasteiger partial charge in [-0.2, -0.15) is 0 Å². The molecule has 0 aliphatic heterocycles. The molecule has 1 aromatic heterocycles. The summed E-state index contributed by atoms with van der Waals surface area (Å²) in [6.07, 6.45) is 1.69. The number of benzene rings is 2. The summed E-state index contributed by atoms with van der Waals surface area (Å²) in [5, 5.41) is 2.17. The first-order valence-electron chi connectivity index (χ1n) is 8.96. The van der Waals surface area contributed by atoms with Crippen LogP contribution in [0.25, 0.3) is 11.3 Å². The SMILES string of the molecule is CCCCNS(=O)(=O)c1cc(-c2cs/c(=N/c3ccccc3)n2C)ccc1Cl.Cl. The van der Waals surface area contributed by atoms with Crippen molar-refractivity contribution in [2.24, 2.45) is 12.0 Å². The second kappa shape index (κ2) is 10.4. The fraction of sp³-hybridized carbons (Fsp3) is 0.250. The van der Waals surface area contributed by atoms with Crippen molar-refractivity contribution in [3.05, 3.63) is 63.7 Å². The van der Waals surface area contributed by atoms with E-state index in [1.165, 1.54) is 11.3 Å². The quantitative estimate of drug-likeness (QED) is 0.484. The summed E-state index contributed by atoms with van der Waals surface area (Å²) >= 11 is 7.69. The van der Waals surface area contributed by atoms with Crippen molar-refractivity contribution in [3.8, 4) is 11.3 Å². The molecule has 3 rings (SSSR count). The van der Waals surface area contributed by atoms with Gasteiger partial charge < -0.3 is 4.57 Å². The van der Waals surface area contributed by atoms with Crippen LogP contribution in [-0.2, 0) is 17.1 Å². The number of unbranched alkanes of at least 4 members (excludes halogenated alkanes) is 1. The third-order valence-electron chi connectivity index (χ3n) is 4.24. The molecule has 29 heavy (non-hydrogen) atoms. The first kappa shape index (κ1) is 23.6. The number of rotatable bonds is 7. The lowest BCUT2D eigenvalue weighted by Crippen LogP contribution is -2.25. The molecule has 156 valence electrons. The van der Waals surface area contributed by atoms with Gasteiger partial charge >= 0.3 is 0 Å². The molecule has 2 aromatic carbocycles. The average Bonchev–Trinajstić information content (AvgIpc) is 3.03. The van der Waals surface area contributed by atoms with Gasteiger partial charge in [-0.05, 0) is 30.7 Å². The molecule has 0 aliphatic carbocycles. The zero-order valence-electron chi connectivity index (χ0n) is 16.1. The maximum Gasteiger partial charge on any atom is 0.242 e. The number of hydrogen-bond acceptors (Lipinski definition) is 4. The predicted molar refractivity (Wildman–Crippen MR) is 123 cm³/mol. The van der Waals surface area contributed by atoms with Crippen molar-refractivity contribution in [1.82, 2.24) is 9.29 Å². The van der Waals surface area contributed by atoms with E-state index >= 15 is 0 Å². The van der Waals surface area contributed by atoms with E-state index in [1.54, 1.807) is 12.1 Å². The van der Waals surface area contributed by atoms with Crippen molar-refractivity contribution in [2.45, 2.75) is 24.7 Å². The lowest BCUT2D eigenvalue weighted by atomic mass is 10.2. The molecule has 1 heterocycles. The summed E-state index contributed by atoms with van der Waals surface area (Å²) in [5.41, 5.74) is 2.51. The summed E-state index contributed by atoms with van der Waals surface area (Å²) in [6.45, 7) is 2.41. The van der Waals surface area contributed by atoms with Gasteiger partial charge in [-0.1, -0.05) is 49.2 Å². The van der Waals surface area contributed by atoms with Gasteiger partial charge in [-0.15, -0.1) is 23.7 Å². The Labute approximate surface area is 186 Å². The smallest absolute Gasteiger partial charge is 0.242 e. The van der Waals surface area contributed by atoms with E-state index < -0.39 is 10.0 Å². The Morgan fingerprint density at radius 2 is 1.90 bits per heavy atom. The molecule has 0 radical (unpaired) electrons. The molecule has 5 nitrogen and oxygen atoms in total. The van der Waals surface area contributed by atoms with Gasteiger partial charge in [0, 0.05) is 24.5 Å². The maximum atomic E-state index is 12.6. The number of nitrogens with one attached hydrogen (secondary N) is 1. The van der Waals surface area contributed by atoms with Crippen LogP contribution >= 0.6 is 35.3 Å². The standard InChI is InChI=1S/C20H22ClN3O2S2.ClH/c1-3-4-12-22-28(25,26)19-13-15(10-11-17(19)21)18-14-27-20(24(18)2)23-16-8-6-5-7-9-16;/h5-11,13-14,22H,3-4,12H2,1-2H3;1H/b23-20+;. The molecule has 0 saturated carbocycles. The van der Waals surface area contributed by atoms with Crippen LogP contribution in [0, 0.1) is 0 Å². The maximum absolute atomic E-state index is 12.6. The summed E-state index contributed by atoms with van der Waals surface area (Å²) in [4.78, 5) is 5.56. The van der Waals surface area contributed by atoms with Gasteiger partial charge in [0.25, 0.3) is 0 Å². The number of hydrogen-bond donors (Lipinski definition) is 1. The minimum Gasteiger partial charge on any atom is -0.320 e. The Morgan fingerprint density at radius 3 is 2.59 bits per heavy atom. The fourth-order valence-electron chi connectivity index (χ4n) is 2.68. The van der Waals surface area contributed by atoms with Gasteiger partial charge in [0.05, 0.1) is 16.4 Å². The van der Waals surface area contributed by atoms with Crippen LogP contribution in [-0.4, -0.2) is 19.5 Å². The number of para-hydroxylation sites is 1. The van der Waals surface area contributed by atoms with Crippen LogP contribution in [0.4, 0.5) is 5.69 Å². The van der Waals surface area contributed by atoms with Crippen LogP contribution in [0.5, 0.6) is 0 Å². The van der Waals surface area contributed by atoms with Gasteiger partial charge in [0.15, 0.2) is 4.80 Å².